The summed E-state index contributed by atoms with van der Waals surface area (Å²) in [6.45, 7) is 3.88. The van der Waals surface area contributed by atoms with E-state index in [4.69, 9.17) is 5.26 Å². The van der Waals surface area contributed by atoms with Crippen LogP contribution in [0.2, 0.25) is 0 Å². The summed E-state index contributed by atoms with van der Waals surface area (Å²) in [7, 11) is 0. The van der Waals surface area contributed by atoms with Crippen LogP contribution in [0.25, 0.3) is 0 Å². The SMILES string of the molecule is CC1CCN(c2ccc(C#N)cc2[N+](=O)[O-])CC1. The molecule has 1 aromatic rings. The summed E-state index contributed by atoms with van der Waals surface area (Å²) in [5, 5.41) is 19.9. The summed E-state index contributed by atoms with van der Waals surface area (Å²) in [6.07, 6.45) is 2.11. The highest BCUT2D eigenvalue weighted by Gasteiger charge is 2.23. The molecule has 0 unspecified atom stereocenters. The van der Waals surface area contributed by atoms with Gasteiger partial charge in [0.15, 0.2) is 0 Å². The van der Waals surface area contributed by atoms with E-state index in [9.17, 15) is 10.1 Å². The van der Waals surface area contributed by atoms with E-state index < -0.39 is 4.92 Å². The topological polar surface area (TPSA) is 70.2 Å². The molecule has 5 nitrogen and oxygen atoms in total. The molecule has 2 rings (SSSR count). The summed E-state index contributed by atoms with van der Waals surface area (Å²) < 4.78 is 0. The third-order valence-corrected chi connectivity index (χ3v) is 3.43. The Labute approximate surface area is 106 Å². The zero-order valence-corrected chi connectivity index (χ0v) is 10.3. The first-order valence-corrected chi connectivity index (χ1v) is 6.05. The van der Waals surface area contributed by atoms with Gasteiger partial charge in [-0.05, 0) is 30.9 Å². The minimum atomic E-state index is -0.409. The Hall–Kier alpha value is -2.09. The predicted molar refractivity (Wildman–Crippen MR) is 68.4 cm³/mol. The van der Waals surface area contributed by atoms with Gasteiger partial charge in [-0.2, -0.15) is 5.26 Å². The minimum Gasteiger partial charge on any atom is -0.366 e. The molecule has 0 aromatic heterocycles. The largest absolute Gasteiger partial charge is 0.366 e. The minimum absolute atomic E-state index is 0.0311. The molecule has 18 heavy (non-hydrogen) atoms. The highest BCUT2D eigenvalue weighted by molar-refractivity contribution is 5.65. The van der Waals surface area contributed by atoms with Crippen LogP contribution in [-0.4, -0.2) is 18.0 Å². The first-order valence-electron chi connectivity index (χ1n) is 6.05. The summed E-state index contributed by atoms with van der Waals surface area (Å²) in [6, 6.07) is 6.62. The molecule has 1 fully saturated rings. The van der Waals surface area contributed by atoms with E-state index in [2.05, 4.69) is 6.92 Å². The maximum absolute atomic E-state index is 11.1. The number of rotatable bonds is 2. The van der Waals surface area contributed by atoms with Crippen molar-refractivity contribution in [1.82, 2.24) is 0 Å². The van der Waals surface area contributed by atoms with Crippen molar-refractivity contribution in [2.45, 2.75) is 19.8 Å². The van der Waals surface area contributed by atoms with Crippen LogP contribution in [0.1, 0.15) is 25.3 Å². The van der Waals surface area contributed by atoms with Gasteiger partial charge in [0.05, 0.1) is 16.6 Å². The van der Waals surface area contributed by atoms with Crippen LogP contribution < -0.4 is 4.90 Å². The van der Waals surface area contributed by atoms with Crippen molar-refractivity contribution >= 4 is 11.4 Å². The van der Waals surface area contributed by atoms with Gasteiger partial charge in [-0.15, -0.1) is 0 Å². The van der Waals surface area contributed by atoms with Gasteiger partial charge in [-0.3, -0.25) is 10.1 Å². The highest BCUT2D eigenvalue weighted by Crippen LogP contribution is 2.32. The summed E-state index contributed by atoms with van der Waals surface area (Å²) >= 11 is 0. The van der Waals surface area contributed by atoms with Gasteiger partial charge in [0.1, 0.15) is 5.69 Å². The number of nitriles is 1. The number of nitro benzene ring substituents is 1. The van der Waals surface area contributed by atoms with E-state index in [0.29, 0.717) is 17.2 Å². The molecular weight excluding hydrogens is 230 g/mol. The zero-order chi connectivity index (χ0) is 13.1. The second-order valence-corrected chi connectivity index (χ2v) is 4.74. The van der Waals surface area contributed by atoms with Crippen LogP contribution in [0, 0.1) is 27.4 Å². The maximum Gasteiger partial charge on any atom is 0.293 e. The van der Waals surface area contributed by atoms with Gasteiger partial charge < -0.3 is 4.90 Å². The lowest BCUT2D eigenvalue weighted by molar-refractivity contribution is -0.384. The molecule has 0 saturated carbocycles. The molecule has 1 aromatic carbocycles. The average Bonchev–Trinajstić information content (AvgIpc) is 2.39. The molecule has 94 valence electrons. The predicted octanol–water partition coefficient (Wildman–Crippen LogP) is 2.70. The molecule has 0 radical (unpaired) electrons. The van der Waals surface area contributed by atoms with Crippen molar-refractivity contribution in [1.29, 1.82) is 5.26 Å². The van der Waals surface area contributed by atoms with Crippen LogP contribution in [0.15, 0.2) is 18.2 Å². The van der Waals surface area contributed by atoms with Crippen molar-refractivity contribution in [2.24, 2.45) is 5.92 Å². The van der Waals surface area contributed by atoms with Gasteiger partial charge in [0, 0.05) is 19.2 Å². The number of nitro groups is 1. The third kappa shape index (κ3) is 2.43. The lowest BCUT2D eigenvalue weighted by Crippen LogP contribution is -2.33. The monoisotopic (exact) mass is 245 g/mol. The van der Waals surface area contributed by atoms with Crippen LogP contribution in [-0.2, 0) is 0 Å². The van der Waals surface area contributed by atoms with Gasteiger partial charge in [-0.25, -0.2) is 0 Å². The lowest BCUT2D eigenvalue weighted by atomic mass is 9.98. The second-order valence-electron chi connectivity index (χ2n) is 4.74. The fourth-order valence-electron chi connectivity index (χ4n) is 2.26. The van der Waals surface area contributed by atoms with Crippen molar-refractivity contribution < 1.29 is 4.92 Å². The van der Waals surface area contributed by atoms with Gasteiger partial charge in [-0.1, -0.05) is 6.92 Å². The van der Waals surface area contributed by atoms with Gasteiger partial charge in [0.25, 0.3) is 5.69 Å². The van der Waals surface area contributed by atoms with Gasteiger partial charge >= 0.3 is 0 Å². The fraction of sp³-hybridized carbons (Fsp3) is 0.462. The van der Waals surface area contributed by atoms with E-state index in [0.717, 1.165) is 25.9 Å². The molecule has 0 N–H and O–H groups in total. The Morgan fingerprint density at radius 3 is 2.67 bits per heavy atom. The molecule has 0 atom stereocenters. The third-order valence-electron chi connectivity index (χ3n) is 3.43. The van der Waals surface area contributed by atoms with Gasteiger partial charge in [0.2, 0.25) is 0 Å². The van der Waals surface area contributed by atoms with Crippen LogP contribution in [0.3, 0.4) is 0 Å². The molecule has 1 aliphatic heterocycles. The molecule has 0 amide bonds. The Bertz CT molecular complexity index is 499. The van der Waals surface area contributed by atoms with E-state index in [1.165, 1.54) is 6.07 Å². The first-order chi connectivity index (χ1) is 8.61. The Kier molecular flexibility index (Phi) is 3.47. The molecule has 1 aliphatic rings. The highest BCUT2D eigenvalue weighted by atomic mass is 16.6. The number of piperidine rings is 1. The maximum atomic E-state index is 11.1. The first kappa shape index (κ1) is 12.4. The quantitative estimate of drug-likeness (QED) is 0.593. The van der Waals surface area contributed by atoms with E-state index in [1.807, 2.05) is 11.0 Å². The molecule has 5 heteroatoms. The summed E-state index contributed by atoms with van der Waals surface area (Å²) in [4.78, 5) is 12.7. The van der Waals surface area contributed by atoms with Crippen molar-refractivity contribution in [3.8, 4) is 6.07 Å². The van der Waals surface area contributed by atoms with E-state index in [-0.39, 0.29) is 5.69 Å². The Balaban J connectivity index is 2.32. The smallest absolute Gasteiger partial charge is 0.293 e. The molecular formula is C13H15N3O2. The molecule has 0 bridgehead atoms. The Morgan fingerprint density at radius 1 is 1.44 bits per heavy atom. The van der Waals surface area contributed by atoms with Crippen LogP contribution in [0.4, 0.5) is 11.4 Å². The number of nitrogens with zero attached hydrogens (tertiary/aromatic N) is 3. The van der Waals surface area contributed by atoms with Crippen molar-refractivity contribution in [2.75, 3.05) is 18.0 Å². The number of anilines is 1. The molecule has 1 saturated heterocycles. The zero-order valence-electron chi connectivity index (χ0n) is 10.3. The van der Waals surface area contributed by atoms with Crippen molar-refractivity contribution in [3.05, 3.63) is 33.9 Å². The number of hydrogen-bond acceptors (Lipinski definition) is 4. The second kappa shape index (κ2) is 5.05. The van der Waals surface area contributed by atoms with E-state index in [1.54, 1.807) is 12.1 Å². The average molecular weight is 245 g/mol. The number of hydrogen-bond donors (Lipinski definition) is 0. The van der Waals surface area contributed by atoms with E-state index >= 15 is 0 Å². The normalized spacial score (nSPS) is 16.3. The standard InChI is InChI=1S/C13H15N3O2/c1-10-4-6-15(7-5-10)12-3-2-11(9-14)8-13(12)16(17)18/h2-3,8,10H,4-7H2,1H3. The molecule has 0 spiro atoms. The Morgan fingerprint density at radius 2 is 2.11 bits per heavy atom. The lowest BCUT2D eigenvalue weighted by Gasteiger charge is -2.31. The fourth-order valence-corrected chi connectivity index (χ4v) is 2.26. The molecule has 1 heterocycles. The van der Waals surface area contributed by atoms with Crippen molar-refractivity contribution in [3.63, 3.8) is 0 Å². The van der Waals surface area contributed by atoms with Crippen LogP contribution >= 0.6 is 0 Å². The molecule has 0 aliphatic carbocycles. The summed E-state index contributed by atoms with van der Waals surface area (Å²) in [5.74, 6) is 0.679. The van der Waals surface area contributed by atoms with Crippen LogP contribution in [0.5, 0.6) is 0 Å². The summed E-state index contributed by atoms with van der Waals surface area (Å²) in [5.41, 5.74) is 0.991. The number of benzene rings is 1.